The molecule has 13 heteroatoms. The van der Waals surface area contributed by atoms with Gasteiger partial charge in [-0.2, -0.15) is 9.57 Å². The SMILES string of the molecule is N#Cc1ccccc1S(=O)(=O)N1CCN(CC(O)COc2ccccc2F)CC1.O=C(O)C(=O)O. The van der Waals surface area contributed by atoms with Gasteiger partial charge in [-0.3, -0.25) is 4.90 Å². The normalized spacial score (nSPS) is 15.2. The van der Waals surface area contributed by atoms with Crippen LogP contribution in [-0.4, -0.2) is 90.3 Å². The number of halogens is 1. The van der Waals surface area contributed by atoms with Crippen molar-refractivity contribution < 1.29 is 42.5 Å². The highest BCUT2D eigenvalue weighted by Crippen LogP contribution is 2.21. The van der Waals surface area contributed by atoms with Gasteiger partial charge in [0.2, 0.25) is 10.0 Å². The number of hydrogen-bond donors (Lipinski definition) is 3. The van der Waals surface area contributed by atoms with Crippen molar-refractivity contribution in [2.45, 2.75) is 11.0 Å². The first kappa shape index (κ1) is 27.7. The topological polar surface area (TPSA) is 168 Å². The fourth-order valence-electron chi connectivity index (χ4n) is 3.17. The number of carboxylic acids is 2. The summed E-state index contributed by atoms with van der Waals surface area (Å²) in [6, 6.07) is 14.0. The standard InChI is InChI=1S/C20H22FN3O4S.C2H2O4/c21-18-6-2-3-7-19(18)28-15-17(25)14-23-9-11-24(12-10-23)29(26,27)20-8-4-1-5-16(20)13-22;3-1(4)2(5)6/h1-8,17,25H,9-12,14-15H2;(H,3,4)(H,5,6). The number of carboxylic acid groups (broad SMARTS) is 2. The highest BCUT2D eigenvalue weighted by molar-refractivity contribution is 7.89. The molecule has 0 aromatic heterocycles. The Morgan fingerprint density at radius 3 is 2.17 bits per heavy atom. The Balaban J connectivity index is 0.000000641. The molecule has 0 radical (unpaired) electrons. The molecule has 1 aliphatic rings. The van der Waals surface area contributed by atoms with Crippen LogP contribution in [0.5, 0.6) is 5.75 Å². The van der Waals surface area contributed by atoms with Gasteiger partial charge < -0.3 is 20.1 Å². The summed E-state index contributed by atoms with van der Waals surface area (Å²) in [5.41, 5.74) is 0.121. The summed E-state index contributed by atoms with van der Waals surface area (Å²) in [5.74, 6) is -4.06. The highest BCUT2D eigenvalue weighted by Gasteiger charge is 2.30. The van der Waals surface area contributed by atoms with E-state index in [4.69, 9.17) is 29.8 Å². The van der Waals surface area contributed by atoms with Crippen LogP contribution in [0.2, 0.25) is 0 Å². The van der Waals surface area contributed by atoms with Crippen molar-refractivity contribution in [3.8, 4) is 11.8 Å². The number of rotatable bonds is 7. The Bertz CT molecular complexity index is 1170. The average Bonchev–Trinajstić information content (AvgIpc) is 2.84. The molecule has 188 valence electrons. The van der Waals surface area contributed by atoms with E-state index in [-0.39, 0.29) is 42.4 Å². The maximum Gasteiger partial charge on any atom is 0.414 e. The first-order valence-electron chi connectivity index (χ1n) is 10.3. The Morgan fingerprint density at radius 2 is 1.60 bits per heavy atom. The van der Waals surface area contributed by atoms with Gasteiger partial charge in [0, 0.05) is 32.7 Å². The van der Waals surface area contributed by atoms with Gasteiger partial charge in [-0.05, 0) is 24.3 Å². The number of benzene rings is 2. The molecule has 1 atom stereocenters. The molecule has 1 aliphatic heterocycles. The van der Waals surface area contributed by atoms with E-state index < -0.39 is 33.9 Å². The molecule has 3 rings (SSSR count). The molecular formula is C22H24FN3O8S. The molecule has 1 saturated heterocycles. The van der Waals surface area contributed by atoms with Crippen molar-refractivity contribution in [1.82, 2.24) is 9.21 Å². The average molecular weight is 510 g/mol. The first-order valence-corrected chi connectivity index (χ1v) is 11.7. The van der Waals surface area contributed by atoms with Crippen molar-refractivity contribution in [3.05, 3.63) is 59.9 Å². The number of piperazine rings is 1. The van der Waals surface area contributed by atoms with Gasteiger partial charge in [0.15, 0.2) is 11.6 Å². The number of carbonyl (C=O) groups is 2. The summed E-state index contributed by atoms with van der Waals surface area (Å²) in [6.07, 6.45) is -0.836. The van der Waals surface area contributed by atoms with E-state index in [1.165, 1.54) is 28.6 Å². The van der Waals surface area contributed by atoms with Crippen LogP contribution in [0.3, 0.4) is 0 Å². The van der Waals surface area contributed by atoms with E-state index in [0.717, 1.165) is 0 Å². The van der Waals surface area contributed by atoms with E-state index in [9.17, 15) is 17.9 Å². The van der Waals surface area contributed by atoms with Crippen molar-refractivity contribution in [2.75, 3.05) is 39.3 Å². The lowest BCUT2D eigenvalue weighted by Gasteiger charge is -2.35. The van der Waals surface area contributed by atoms with Gasteiger partial charge in [0.1, 0.15) is 18.8 Å². The van der Waals surface area contributed by atoms with E-state index in [2.05, 4.69) is 0 Å². The van der Waals surface area contributed by atoms with Gasteiger partial charge in [-0.25, -0.2) is 22.4 Å². The number of sulfonamides is 1. The van der Waals surface area contributed by atoms with Crippen LogP contribution in [0.4, 0.5) is 4.39 Å². The molecule has 2 aromatic rings. The summed E-state index contributed by atoms with van der Waals surface area (Å²) < 4.78 is 45.9. The number of nitriles is 1. The molecule has 11 nitrogen and oxygen atoms in total. The number of β-amino-alcohol motifs (C(OH)–C–C–N with tert-alkyl or cyclic N) is 1. The molecule has 1 heterocycles. The number of aliphatic hydroxyl groups is 1. The smallest absolute Gasteiger partial charge is 0.414 e. The maximum atomic E-state index is 13.5. The van der Waals surface area contributed by atoms with Crippen LogP contribution in [-0.2, 0) is 19.6 Å². The molecule has 1 fully saturated rings. The molecule has 1 unspecified atom stereocenters. The number of aliphatic hydroxyl groups excluding tert-OH is 1. The summed E-state index contributed by atoms with van der Waals surface area (Å²) in [7, 11) is -3.75. The molecule has 35 heavy (non-hydrogen) atoms. The minimum absolute atomic E-state index is 0.00859. The Labute approximate surface area is 201 Å². The van der Waals surface area contributed by atoms with Crippen LogP contribution in [0.1, 0.15) is 5.56 Å². The Kier molecular flexibility index (Phi) is 10.1. The predicted molar refractivity (Wildman–Crippen MR) is 120 cm³/mol. The van der Waals surface area contributed by atoms with Gasteiger partial charge in [-0.15, -0.1) is 0 Å². The lowest BCUT2D eigenvalue weighted by molar-refractivity contribution is -0.159. The minimum atomic E-state index is -3.75. The van der Waals surface area contributed by atoms with Gasteiger partial charge in [0.25, 0.3) is 0 Å². The zero-order valence-corrected chi connectivity index (χ0v) is 19.3. The van der Waals surface area contributed by atoms with Crippen molar-refractivity contribution in [3.63, 3.8) is 0 Å². The van der Waals surface area contributed by atoms with Crippen molar-refractivity contribution in [1.29, 1.82) is 5.26 Å². The first-order chi connectivity index (χ1) is 16.6. The largest absolute Gasteiger partial charge is 0.488 e. The van der Waals surface area contributed by atoms with Crippen LogP contribution in [0.25, 0.3) is 0 Å². The van der Waals surface area contributed by atoms with Gasteiger partial charge in [-0.1, -0.05) is 24.3 Å². The summed E-state index contributed by atoms with van der Waals surface area (Å²) in [6.45, 7) is 1.60. The van der Waals surface area contributed by atoms with E-state index in [1.54, 1.807) is 24.3 Å². The molecular weight excluding hydrogens is 485 g/mol. The van der Waals surface area contributed by atoms with Crippen molar-refractivity contribution >= 4 is 22.0 Å². The number of hydrogen-bond acceptors (Lipinski definition) is 8. The third-order valence-electron chi connectivity index (χ3n) is 4.88. The van der Waals surface area contributed by atoms with E-state index in [0.29, 0.717) is 13.1 Å². The van der Waals surface area contributed by atoms with Crippen LogP contribution >= 0.6 is 0 Å². The molecule has 0 saturated carbocycles. The highest BCUT2D eigenvalue weighted by atomic mass is 32.2. The summed E-state index contributed by atoms with van der Waals surface area (Å²) >= 11 is 0. The lowest BCUT2D eigenvalue weighted by atomic mass is 10.2. The maximum absolute atomic E-state index is 13.5. The summed E-state index contributed by atoms with van der Waals surface area (Å²) in [5, 5.41) is 34.1. The molecule has 0 aliphatic carbocycles. The van der Waals surface area contributed by atoms with Crippen LogP contribution in [0, 0.1) is 17.1 Å². The van der Waals surface area contributed by atoms with Crippen LogP contribution < -0.4 is 4.74 Å². The molecule has 0 amide bonds. The molecule has 0 bridgehead atoms. The fourth-order valence-corrected chi connectivity index (χ4v) is 4.74. The Morgan fingerprint density at radius 1 is 1.03 bits per heavy atom. The molecule has 2 aromatic carbocycles. The zero-order chi connectivity index (χ0) is 26.0. The second-order valence-corrected chi connectivity index (χ2v) is 9.22. The number of aliphatic carboxylic acids is 2. The fraction of sp³-hybridized carbons (Fsp3) is 0.318. The second-order valence-electron chi connectivity index (χ2n) is 7.32. The molecule has 3 N–H and O–H groups in total. The molecule has 0 spiro atoms. The third-order valence-corrected chi connectivity index (χ3v) is 6.83. The number of para-hydroxylation sites is 1. The van der Waals surface area contributed by atoms with Crippen LogP contribution in [0.15, 0.2) is 53.4 Å². The van der Waals surface area contributed by atoms with Gasteiger partial charge in [0.05, 0.1) is 10.5 Å². The minimum Gasteiger partial charge on any atom is -0.488 e. The Hall–Kier alpha value is -3.57. The van der Waals surface area contributed by atoms with E-state index in [1.807, 2.05) is 11.0 Å². The second kappa shape index (κ2) is 12.8. The zero-order valence-electron chi connectivity index (χ0n) is 18.4. The predicted octanol–water partition coefficient (Wildman–Crippen LogP) is 0.599. The van der Waals surface area contributed by atoms with Gasteiger partial charge >= 0.3 is 11.9 Å². The number of nitrogens with zero attached hydrogens (tertiary/aromatic N) is 3. The lowest BCUT2D eigenvalue weighted by Crippen LogP contribution is -2.50. The number of ether oxygens (including phenoxy) is 1. The summed E-state index contributed by atoms with van der Waals surface area (Å²) in [4.78, 5) is 20.1. The van der Waals surface area contributed by atoms with Crippen molar-refractivity contribution in [2.24, 2.45) is 0 Å². The quantitative estimate of drug-likeness (QED) is 0.449. The van der Waals surface area contributed by atoms with E-state index >= 15 is 0 Å². The third kappa shape index (κ3) is 8.01. The monoisotopic (exact) mass is 509 g/mol.